The molecule has 0 bridgehead atoms. The van der Waals surface area contributed by atoms with Crippen molar-refractivity contribution in [3.8, 4) is 0 Å². The van der Waals surface area contributed by atoms with Gasteiger partial charge in [0.2, 0.25) is 0 Å². The van der Waals surface area contributed by atoms with E-state index >= 15 is 0 Å². The van der Waals surface area contributed by atoms with Gasteiger partial charge in [-0.15, -0.1) is 6.58 Å². The molecule has 0 aromatic rings. The molecule has 0 saturated carbocycles. The lowest BCUT2D eigenvalue weighted by atomic mass is 10.1. The van der Waals surface area contributed by atoms with Crippen molar-refractivity contribution < 1.29 is 0 Å². The van der Waals surface area contributed by atoms with Crippen molar-refractivity contribution >= 4 is 0 Å². The molecule has 1 heterocycles. The van der Waals surface area contributed by atoms with Gasteiger partial charge in [-0.1, -0.05) is 13.0 Å². The molecule has 0 aromatic heterocycles. The summed E-state index contributed by atoms with van der Waals surface area (Å²) in [6.07, 6.45) is 3.27. The van der Waals surface area contributed by atoms with E-state index in [9.17, 15) is 0 Å². The molecule has 3 atom stereocenters. The Morgan fingerprint density at radius 1 is 1.57 bits per heavy atom. The molecular weight excluding hydrogens is 172 g/mol. The number of rotatable bonds is 5. The van der Waals surface area contributed by atoms with Crippen LogP contribution in [0.5, 0.6) is 0 Å². The van der Waals surface area contributed by atoms with E-state index in [-0.39, 0.29) is 0 Å². The lowest BCUT2D eigenvalue weighted by molar-refractivity contribution is 0.196. The topological polar surface area (TPSA) is 15.3 Å². The van der Waals surface area contributed by atoms with E-state index in [1.165, 1.54) is 13.0 Å². The molecule has 1 fully saturated rings. The van der Waals surface area contributed by atoms with Gasteiger partial charge >= 0.3 is 0 Å². The van der Waals surface area contributed by atoms with Gasteiger partial charge in [0.05, 0.1) is 0 Å². The molecule has 82 valence electrons. The third kappa shape index (κ3) is 3.10. The molecule has 0 spiro atoms. The minimum Gasteiger partial charge on any atom is -0.312 e. The SMILES string of the molecule is C=CCNCC(C)N1CC(C)CC1C. The Hall–Kier alpha value is -0.340. The van der Waals surface area contributed by atoms with Gasteiger partial charge in [0.25, 0.3) is 0 Å². The number of nitrogens with one attached hydrogen (secondary N) is 1. The first-order valence-electron chi connectivity index (χ1n) is 5.72. The lowest BCUT2D eigenvalue weighted by Crippen LogP contribution is -2.42. The molecule has 1 rings (SSSR count). The molecule has 3 unspecified atom stereocenters. The Morgan fingerprint density at radius 2 is 2.29 bits per heavy atom. The molecule has 14 heavy (non-hydrogen) atoms. The summed E-state index contributed by atoms with van der Waals surface area (Å²) in [5.41, 5.74) is 0. The zero-order chi connectivity index (χ0) is 10.6. The van der Waals surface area contributed by atoms with Crippen LogP contribution in [0, 0.1) is 5.92 Å². The van der Waals surface area contributed by atoms with E-state index in [1.54, 1.807) is 0 Å². The first-order valence-corrected chi connectivity index (χ1v) is 5.72. The molecule has 0 radical (unpaired) electrons. The van der Waals surface area contributed by atoms with Crippen molar-refractivity contribution in [3.63, 3.8) is 0 Å². The van der Waals surface area contributed by atoms with Crippen LogP contribution in [0.25, 0.3) is 0 Å². The summed E-state index contributed by atoms with van der Waals surface area (Å²) in [4.78, 5) is 2.61. The molecule has 1 aliphatic heterocycles. The zero-order valence-electron chi connectivity index (χ0n) is 9.79. The molecule has 0 aliphatic carbocycles. The average molecular weight is 196 g/mol. The van der Waals surface area contributed by atoms with Gasteiger partial charge < -0.3 is 5.32 Å². The van der Waals surface area contributed by atoms with Crippen LogP contribution in [0.1, 0.15) is 27.2 Å². The highest BCUT2D eigenvalue weighted by Crippen LogP contribution is 2.23. The van der Waals surface area contributed by atoms with Crippen LogP contribution in [0.4, 0.5) is 0 Å². The van der Waals surface area contributed by atoms with E-state index in [0.29, 0.717) is 6.04 Å². The zero-order valence-corrected chi connectivity index (χ0v) is 9.79. The van der Waals surface area contributed by atoms with Crippen LogP contribution < -0.4 is 5.32 Å². The van der Waals surface area contributed by atoms with Crippen LogP contribution in [-0.2, 0) is 0 Å². The van der Waals surface area contributed by atoms with Gasteiger partial charge in [-0.3, -0.25) is 4.90 Å². The fourth-order valence-corrected chi connectivity index (χ4v) is 2.46. The van der Waals surface area contributed by atoms with E-state index in [4.69, 9.17) is 0 Å². The van der Waals surface area contributed by atoms with Gasteiger partial charge in [0.15, 0.2) is 0 Å². The van der Waals surface area contributed by atoms with Gasteiger partial charge in [-0.05, 0) is 26.2 Å². The lowest BCUT2D eigenvalue weighted by Gasteiger charge is -2.28. The minimum atomic E-state index is 0.648. The van der Waals surface area contributed by atoms with Crippen molar-refractivity contribution in [3.05, 3.63) is 12.7 Å². The Labute approximate surface area is 88.4 Å². The standard InChI is InChI=1S/C12H24N2/c1-5-6-13-8-12(4)14-9-10(2)7-11(14)3/h5,10-13H,1,6-9H2,2-4H3. The summed E-state index contributed by atoms with van der Waals surface area (Å²) < 4.78 is 0. The maximum atomic E-state index is 3.71. The largest absolute Gasteiger partial charge is 0.312 e. The Balaban J connectivity index is 2.29. The Bertz CT molecular complexity index is 179. The molecule has 0 aromatic carbocycles. The van der Waals surface area contributed by atoms with Gasteiger partial charge in [0, 0.05) is 31.7 Å². The second-order valence-corrected chi connectivity index (χ2v) is 4.68. The average Bonchev–Trinajstić information content (AvgIpc) is 2.45. The fourth-order valence-electron chi connectivity index (χ4n) is 2.46. The highest BCUT2D eigenvalue weighted by molar-refractivity contribution is 4.85. The monoisotopic (exact) mass is 196 g/mol. The maximum Gasteiger partial charge on any atom is 0.0195 e. The van der Waals surface area contributed by atoms with Crippen molar-refractivity contribution in [1.29, 1.82) is 0 Å². The van der Waals surface area contributed by atoms with Crippen molar-refractivity contribution in [2.75, 3.05) is 19.6 Å². The number of hydrogen-bond donors (Lipinski definition) is 1. The second-order valence-electron chi connectivity index (χ2n) is 4.68. The minimum absolute atomic E-state index is 0.648. The second kappa shape index (κ2) is 5.52. The number of hydrogen-bond acceptors (Lipinski definition) is 2. The van der Waals surface area contributed by atoms with Crippen LogP contribution >= 0.6 is 0 Å². The van der Waals surface area contributed by atoms with Crippen molar-refractivity contribution in [2.45, 2.75) is 39.3 Å². The van der Waals surface area contributed by atoms with Crippen LogP contribution in [0.3, 0.4) is 0 Å². The first kappa shape index (κ1) is 11.7. The van der Waals surface area contributed by atoms with Gasteiger partial charge in [-0.25, -0.2) is 0 Å². The van der Waals surface area contributed by atoms with E-state index < -0.39 is 0 Å². The number of likely N-dealkylation sites (tertiary alicyclic amines) is 1. The molecule has 2 heteroatoms. The fraction of sp³-hybridized carbons (Fsp3) is 0.833. The van der Waals surface area contributed by atoms with Crippen molar-refractivity contribution in [2.24, 2.45) is 5.92 Å². The summed E-state index contributed by atoms with van der Waals surface area (Å²) >= 11 is 0. The molecule has 1 N–H and O–H groups in total. The summed E-state index contributed by atoms with van der Waals surface area (Å²) in [5.74, 6) is 0.867. The Kier molecular flexibility index (Phi) is 4.63. The third-order valence-electron chi connectivity index (χ3n) is 3.13. The maximum absolute atomic E-state index is 3.71. The normalized spacial score (nSPS) is 30.5. The summed E-state index contributed by atoms with van der Waals surface area (Å²) in [6, 6.07) is 1.40. The van der Waals surface area contributed by atoms with Gasteiger partial charge in [-0.2, -0.15) is 0 Å². The molecule has 0 amide bonds. The van der Waals surface area contributed by atoms with E-state index in [0.717, 1.165) is 25.0 Å². The van der Waals surface area contributed by atoms with Crippen molar-refractivity contribution in [1.82, 2.24) is 10.2 Å². The highest BCUT2D eigenvalue weighted by Gasteiger charge is 2.28. The molecular formula is C12H24N2. The van der Waals surface area contributed by atoms with Crippen LogP contribution in [-0.4, -0.2) is 36.6 Å². The van der Waals surface area contributed by atoms with Gasteiger partial charge in [0.1, 0.15) is 0 Å². The summed E-state index contributed by atoms with van der Waals surface area (Å²) in [6.45, 7) is 14.0. The molecule has 1 saturated heterocycles. The quantitative estimate of drug-likeness (QED) is 0.533. The number of nitrogens with zero attached hydrogens (tertiary/aromatic N) is 1. The Morgan fingerprint density at radius 3 is 2.79 bits per heavy atom. The molecule has 2 nitrogen and oxygen atoms in total. The first-order chi connectivity index (χ1) is 6.65. The smallest absolute Gasteiger partial charge is 0.0195 e. The van der Waals surface area contributed by atoms with E-state index in [2.05, 4.69) is 37.6 Å². The van der Waals surface area contributed by atoms with Crippen LogP contribution in [0.15, 0.2) is 12.7 Å². The predicted octanol–water partition coefficient (Wildman–Crippen LogP) is 1.88. The highest BCUT2D eigenvalue weighted by atomic mass is 15.2. The van der Waals surface area contributed by atoms with Crippen LogP contribution in [0.2, 0.25) is 0 Å². The van der Waals surface area contributed by atoms with E-state index in [1.807, 2.05) is 6.08 Å². The molecule has 1 aliphatic rings. The third-order valence-corrected chi connectivity index (χ3v) is 3.13. The predicted molar refractivity (Wildman–Crippen MR) is 62.5 cm³/mol. The summed E-state index contributed by atoms with van der Waals surface area (Å²) in [7, 11) is 0. The summed E-state index contributed by atoms with van der Waals surface area (Å²) in [5, 5.41) is 3.39.